The Balaban J connectivity index is 1.85. The number of fused-ring (bicyclic) bond motifs is 1. The topological polar surface area (TPSA) is 46.3 Å². The van der Waals surface area contributed by atoms with Gasteiger partial charge in [0, 0.05) is 24.4 Å². The van der Waals surface area contributed by atoms with Crippen LogP contribution in [-0.2, 0) is 17.8 Å². The highest BCUT2D eigenvalue weighted by Crippen LogP contribution is 2.28. The zero-order valence-electron chi connectivity index (χ0n) is 11.9. The van der Waals surface area contributed by atoms with Gasteiger partial charge in [-0.05, 0) is 48.2 Å². The van der Waals surface area contributed by atoms with Gasteiger partial charge in [0.1, 0.15) is 0 Å². The van der Waals surface area contributed by atoms with Crippen LogP contribution in [0, 0.1) is 5.41 Å². The van der Waals surface area contributed by atoms with E-state index in [-0.39, 0.29) is 5.41 Å². The van der Waals surface area contributed by atoms with Crippen LogP contribution in [0.2, 0.25) is 0 Å². The van der Waals surface area contributed by atoms with Crippen molar-refractivity contribution in [2.45, 2.75) is 46.1 Å². The van der Waals surface area contributed by atoms with E-state index >= 15 is 0 Å². The van der Waals surface area contributed by atoms with Crippen LogP contribution in [0.4, 0.5) is 0 Å². The minimum absolute atomic E-state index is 0.174. The van der Waals surface area contributed by atoms with Crippen molar-refractivity contribution < 1.29 is 4.79 Å². The maximum Gasteiger partial charge on any atom is 0.222 e. The Kier molecular flexibility index (Phi) is 4.63. The zero-order valence-corrected chi connectivity index (χ0v) is 12.8. The molecule has 0 saturated heterocycles. The fourth-order valence-corrected chi connectivity index (χ4v) is 3.47. The molecule has 1 aromatic rings. The predicted octanol–water partition coefficient (Wildman–Crippen LogP) is 2.79. The largest absolute Gasteiger partial charge is 0.338 e. The molecule has 1 amide bonds. The van der Waals surface area contributed by atoms with Crippen molar-refractivity contribution in [2.75, 3.05) is 13.1 Å². The van der Waals surface area contributed by atoms with Crippen molar-refractivity contribution in [2.24, 2.45) is 11.1 Å². The third-order valence-corrected chi connectivity index (χ3v) is 5.02. The summed E-state index contributed by atoms with van der Waals surface area (Å²) in [6.45, 7) is 6.77. The van der Waals surface area contributed by atoms with Crippen LogP contribution in [0.1, 0.15) is 43.6 Å². The number of hydrogen-bond donors (Lipinski definition) is 1. The Morgan fingerprint density at radius 3 is 3.00 bits per heavy atom. The number of carbonyl (C=O) groups excluding carboxylic acids is 1. The molecule has 106 valence electrons. The molecule has 1 aliphatic heterocycles. The fourth-order valence-electron chi connectivity index (χ4n) is 2.58. The highest BCUT2D eigenvalue weighted by Gasteiger charge is 2.24. The number of hydrogen-bond acceptors (Lipinski definition) is 3. The smallest absolute Gasteiger partial charge is 0.222 e. The molecule has 3 nitrogen and oxygen atoms in total. The van der Waals surface area contributed by atoms with E-state index in [4.69, 9.17) is 5.73 Å². The summed E-state index contributed by atoms with van der Waals surface area (Å²) in [5.41, 5.74) is 7.12. The van der Waals surface area contributed by atoms with Crippen LogP contribution in [0.5, 0.6) is 0 Å². The quantitative estimate of drug-likeness (QED) is 0.901. The summed E-state index contributed by atoms with van der Waals surface area (Å²) in [5, 5.41) is 2.13. The minimum Gasteiger partial charge on any atom is -0.338 e. The van der Waals surface area contributed by atoms with Gasteiger partial charge in [0.25, 0.3) is 0 Å². The molecule has 0 fully saturated rings. The van der Waals surface area contributed by atoms with Crippen LogP contribution in [0.25, 0.3) is 0 Å². The Hall–Kier alpha value is -0.870. The third-order valence-electron chi connectivity index (χ3n) is 4.00. The van der Waals surface area contributed by atoms with E-state index < -0.39 is 0 Å². The van der Waals surface area contributed by atoms with Gasteiger partial charge < -0.3 is 10.6 Å². The van der Waals surface area contributed by atoms with Crippen LogP contribution in [-0.4, -0.2) is 23.9 Å². The van der Waals surface area contributed by atoms with Gasteiger partial charge in [-0.25, -0.2) is 0 Å². The number of thiophene rings is 1. The summed E-state index contributed by atoms with van der Waals surface area (Å²) in [6.07, 6.45) is 3.57. The first-order valence-corrected chi connectivity index (χ1v) is 7.93. The standard InChI is InChI=1S/C15H24N2OS/c1-15(2,7-8-16)6-3-14(18)17-9-4-13-12(11-17)5-10-19-13/h5,10H,3-4,6-9,11,16H2,1-2H3. The molecule has 0 saturated carbocycles. The van der Waals surface area contributed by atoms with E-state index in [0.717, 1.165) is 32.4 Å². The summed E-state index contributed by atoms with van der Waals surface area (Å²) in [6, 6.07) is 2.15. The van der Waals surface area contributed by atoms with Gasteiger partial charge in [-0.2, -0.15) is 0 Å². The van der Waals surface area contributed by atoms with E-state index in [1.165, 1.54) is 10.4 Å². The minimum atomic E-state index is 0.174. The molecule has 4 heteroatoms. The zero-order chi connectivity index (χ0) is 13.9. The number of carbonyl (C=O) groups is 1. The molecule has 0 aromatic carbocycles. The van der Waals surface area contributed by atoms with Crippen molar-refractivity contribution in [3.63, 3.8) is 0 Å². The Bertz CT molecular complexity index is 439. The molecule has 2 heterocycles. The maximum absolute atomic E-state index is 12.3. The lowest BCUT2D eigenvalue weighted by Crippen LogP contribution is -2.35. The maximum atomic E-state index is 12.3. The molecule has 0 aliphatic carbocycles. The molecule has 0 unspecified atom stereocenters. The highest BCUT2D eigenvalue weighted by atomic mass is 32.1. The fraction of sp³-hybridized carbons (Fsp3) is 0.667. The van der Waals surface area contributed by atoms with Crippen LogP contribution >= 0.6 is 11.3 Å². The normalized spacial score (nSPS) is 15.4. The van der Waals surface area contributed by atoms with Crippen LogP contribution < -0.4 is 5.73 Å². The average Bonchev–Trinajstić information content (AvgIpc) is 2.83. The predicted molar refractivity (Wildman–Crippen MR) is 80.1 cm³/mol. The molecule has 1 aromatic heterocycles. The molecule has 1 aliphatic rings. The third kappa shape index (κ3) is 3.80. The van der Waals surface area contributed by atoms with Gasteiger partial charge in [-0.3, -0.25) is 4.79 Å². The van der Waals surface area contributed by atoms with Crippen molar-refractivity contribution in [1.29, 1.82) is 0 Å². The summed E-state index contributed by atoms with van der Waals surface area (Å²) >= 11 is 1.81. The summed E-state index contributed by atoms with van der Waals surface area (Å²) < 4.78 is 0. The van der Waals surface area contributed by atoms with E-state index in [2.05, 4.69) is 25.3 Å². The van der Waals surface area contributed by atoms with E-state index in [0.29, 0.717) is 18.9 Å². The molecular weight excluding hydrogens is 256 g/mol. The molecule has 2 rings (SSSR count). The van der Waals surface area contributed by atoms with Crippen molar-refractivity contribution in [3.05, 3.63) is 21.9 Å². The van der Waals surface area contributed by atoms with Crippen LogP contribution in [0.15, 0.2) is 11.4 Å². The van der Waals surface area contributed by atoms with E-state index in [1.807, 2.05) is 16.2 Å². The summed E-state index contributed by atoms with van der Waals surface area (Å²) in [7, 11) is 0. The Morgan fingerprint density at radius 2 is 2.26 bits per heavy atom. The number of nitrogens with two attached hydrogens (primary N) is 1. The van der Waals surface area contributed by atoms with E-state index in [1.54, 1.807) is 0 Å². The molecular formula is C15H24N2OS. The summed E-state index contributed by atoms with van der Waals surface area (Å²) in [4.78, 5) is 15.7. The summed E-state index contributed by atoms with van der Waals surface area (Å²) in [5.74, 6) is 0.293. The lowest BCUT2D eigenvalue weighted by atomic mass is 9.84. The average molecular weight is 280 g/mol. The first-order valence-electron chi connectivity index (χ1n) is 7.05. The molecule has 0 spiro atoms. The number of amides is 1. The molecule has 0 bridgehead atoms. The second-order valence-electron chi connectivity index (χ2n) is 6.14. The first-order chi connectivity index (χ1) is 9.02. The second kappa shape index (κ2) is 6.06. The second-order valence-corrected chi connectivity index (χ2v) is 7.14. The van der Waals surface area contributed by atoms with Gasteiger partial charge in [0.05, 0.1) is 0 Å². The van der Waals surface area contributed by atoms with Crippen molar-refractivity contribution in [1.82, 2.24) is 4.90 Å². The SMILES string of the molecule is CC(C)(CCN)CCC(=O)N1CCc2sccc2C1. The van der Waals surface area contributed by atoms with Crippen LogP contribution in [0.3, 0.4) is 0 Å². The molecule has 19 heavy (non-hydrogen) atoms. The van der Waals surface area contributed by atoms with Crippen molar-refractivity contribution >= 4 is 17.2 Å². The van der Waals surface area contributed by atoms with Gasteiger partial charge in [-0.15, -0.1) is 11.3 Å². The monoisotopic (exact) mass is 280 g/mol. The lowest BCUT2D eigenvalue weighted by molar-refractivity contribution is -0.132. The Morgan fingerprint density at radius 1 is 1.47 bits per heavy atom. The number of rotatable bonds is 5. The highest BCUT2D eigenvalue weighted by molar-refractivity contribution is 7.10. The molecule has 2 N–H and O–H groups in total. The molecule has 0 atom stereocenters. The Labute approximate surface area is 119 Å². The van der Waals surface area contributed by atoms with Gasteiger partial charge >= 0.3 is 0 Å². The van der Waals surface area contributed by atoms with Gasteiger partial charge in [-0.1, -0.05) is 13.8 Å². The lowest BCUT2D eigenvalue weighted by Gasteiger charge is -2.29. The molecule has 0 radical (unpaired) electrons. The first kappa shape index (κ1) is 14.5. The van der Waals surface area contributed by atoms with E-state index in [9.17, 15) is 4.79 Å². The van der Waals surface area contributed by atoms with Gasteiger partial charge in [0.15, 0.2) is 0 Å². The van der Waals surface area contributed by atoms with Gasteiger partial charge in [0.2, 0.25) is 5.91 Å². The van der Waals surface area contributed by atoms with Crippen molar-refractivity contribution in [3.8, 4) is 0 Å². The number of nitrogens with zero attached hydrogens (tertiary/aromatic N) is 1.